The summed E-state index contributed by atoms with van der Waals surface area (Å²) in [6, 6.07) is 4.27. The number of rotatable bonds is 9. The van der Waals surface area contributed by atoms with Gasteiger partial charge in [-0.3, -0.25) is 0 Å². The molecule has 0 aromatic heterocycles. The predicted octanol–water partition coefficient (Wildman–Crippen LogP) is 3.55. The predicted molar refractivity (Wildman–Crippen MR) is 82.0 cm³/mol. The van der Waals surface area contributed by atoms with Crippen LogP contribution in [0.25, 0.3) is 0 Å². The van der Waals surface area contributed by atoms with E-state index < -0.39 is 0 Å². The third kappa shape index (κ3) is 3.79. The minimum atomic E-state index is 0.273. The molecule has 0 aliphatic carbocycles. The number of nitrogens with one attached hydrogen (secondary N) is 1. The van der Waals surface area contributed by atoms with Crippen LogP contribution >= 0.6 is 0 Å². The lowest BCUT2D eigenvalue weighted by Gasteiger charge is -2.23. The standard InChI is InChI=1S/C16H27NO3/c1-6-8-9-13(17-7-2)12-10-11-14(18-3)16(20-5)15(12)19-4/h10-11,13,17H,6-9H2,1-5H3. The normalized spacial score (nSPS) is 12.1. The number of hydrogen-bond donors (Lipinski definition) is 1. The second-order valence-electron chi connectivity index (χ2n) is 4.68. The van der Waals surface area contributed by atoms with Crippen molar-refractivity contribution in [1.82, 2.24) is 5.32 Å². The van der Waals surface area contributed by atoms with Crippen molar-refractivity contribution in [3.63, 3.8) is 0 Å². The average Bonchev–Trinajstić information content (AvgIpc) is 2.49. The van der Waals surface area contributed by atoms with Crippen LogP contribution in [0.4, 0.5) is 0 Å². The molecule has 1 unspecified atom stereocenters. The number of ether oxygens (including phenoxy) is 3. The molecule has 0 bridgehead atoms. The van der Waals surface area contributed by atoms with Crippen LogP contribution in [0.15, 0.2) is 12.1 Å². The van der Waals surface area contributed by atoms with E-state index in [-0.39, 0.29) is 6.04 Å². The largest absolute Gasteiger partial charge is 0.493 e. The maximum atomic E-state index is 5.57. The van der Waals surface area contributed by atoms with Crippen molar-refractivity contribution < 1.29 is 14.2 Å². The lowest BCUT2D eigenvalue weighted by Crippen LogP contribution is -2.21. The molecule has 1 atom stereocenters. The minimum absolute atomic E-state index is 0.273. The van der Waals surface area contributed by atoms with E-state index in [4.69, 9.17) is 14.2 Å². The molecule has 4 heteroatoms. The van der Waals surface area contributed by atoms with Crippen molar-refractivity contribution in [2.45, 2.75) is 39.2 Å². The lowest BCUT2D eigenvalue weighted by molar-refractivity contribution is 0.318. The van der Waals surface area contributed by atoms with Gasteiger partial charge in [0.15, 0.2) is 11.5 Å². The van der Waals surface area contributed by atoms with E-state index in [1.54, 1.807) is 21.3 Å². The van der Waals surface area contributed by atoms with Gasteiger partial charge in [-0.05, 0) is 25.1 Å². The van der Waals surface area contributed by atoms with Crippen molar-refractivity contribution in [3.8, 4) is 17.2 Å². The molecule has 0 radical (unpaired) electrons. The summed E-state index contributed by atoms with van der Waals surface area (Å²) in [4.78, 5) is 0. The summed E-state index contributed by atoms with van der Waals surface area (Å²) < 4.78 is 16.4. The number of benzene rings is 1. The van der Waals surface area contributed by atoms with E-state index in [1.165, 1.54) is 12.8 Å². The highest BCUT2D eigenvalue weighted by Gasteiger charge is 2.21. The van der Waals surface area contributed by atoms with Crippen LogP contribution in [-0.4, -0.2) is 27.9 Å². The van der Waals surface area contributed by atoms with E-state index in [2.05, 4.69) is 25.2 Å². The Kier molecular flexibility index (Phi) is 7.23. The second kappa shape index (κ2) is 8.69. The van der Waals surface area contributed by atoms with Crippen LogP contribution in [0, 0.1) is 0 Å². The van der Waals surface area contributed by atoms with Gasteiger partial charge >= 0.3 is 0 Å². The molecular weight excluding hydrogens is 254 g/mol. The van der Waals surface area contributed by atoms with E-state index in [9.17, 15) is 0 Å². The minimum Gasteiger partial charge on any atom is -0.493 e. The quantitative estimate of drug-likeness (QED) is 0.751. The maximum Gasteiger partial charge on any atom is 0.203 e. The zero-order chi connectivity index (χ0) is 15.0. The van der Waals surface area contributed by atoms with Crippen molar-refractivity contribution in [2.24, 2.45) is 0 Å². The van der Waals surface area contributed by atoms with Crippen LogP contribution in [0.5, 0.6) is 17.2 Å². The summed E-state index contributed by atoms with van der Waals surface area (Å²) in [5, 5.41) is 3.52. The Morgan fingerprint density at radius 1 is 1.00 bits per heavy atom. The summed E-state index contributed by atoms with van der Waals surface area (Å²) in [5.41, 5.74) is 1.13. The summed E-state index contributed by atoms with van der Waals surface area (Å²) in [7, 11) is 4.94. The topological polar surface area (TPSA) is 39.7 Å². The van der Waals surface area contributed by atoms with Gasteiger partial charge in [0.2, 0.25) is 5.75 Å². The van der Waals surface area contributed by atoms with E-state index >= 15 is 0 Å². The van der Waals surface area contributed by atoms with Gasteiger partial charge in [-0.1, -0.05) is 26.7 Å². The molecule has 1 N–H and O–H groups in total. The summed E-state index contributed by atoms with van der Waals surface area (Å²) in [6.07, 6.45) is 3.43. The van der Waals surface area contributed by atoms with Gasteiger partial charge in [0.25, 0.3) is 0 Å². The molecule has 1 aromatic carbocycles. The fourth-order valence-electron chi connectivity index (χ4n) is 2.42. The van der Waals surface area contributed by atoms with Gasteiger partial charge in [0.05, 0.1) is 21.3 Å². The van der Waals surface area contributed by atoms with Crippen molar-refractivity contribution in [1.29, 1.82) is 0 Å². The molecule has 0 saturated carbocycles. The first-order valence-electron chi connectivity index (χ1n) is 7.25. The molecule has 0 aliphatic rings. The first-order valence-corrected chi connectivity index (χ1v) is 7.25. The second-order valence-corrected chi connectivity index (χ2v) is 4.68. The van der Waals surface area contributed by atoms with Crippen LogP contribution in [0.2, 0.25) is 0 Å². The highest BCUT2D eigenvalue weighted by atomic mass is 16.5. The van der Waals surface area contributed by atoms with Gasteiger partial charge in [-0.25, -0.2) is 0 Å². The summed E-state index contributed by atoms with van der Waals surface area (Å²) >= 11 is 0. The molecule has 0 heterocycles. The Balaban J connectivity index is 3.19. The molecule has 4 nitrogen and oxygen atoms in total. The average molecular weight is 281 g/mol. The smallest absolute Gasteiger partial charge is 0.203 e. The third-order valence-electron chi connectivity index (χ3n) is 3.41. The molecule has 1 rings (SSSR count). The highest BCUT2D eigenvalue weighted by molar-refractivity contribution is 5.56. The third-order valence-corrected chi connectivity index (χ3v) is 3.41. The van der Waals surface area contributed by atoms with E-state index in [0.717, 1.165) is 24.3 Å². The van der Waals surface area contributed by atoms with Gasteiger partial charge in [-0.2, -0.15) is 0 Å². The molecule has 0 fully saturated rings. The SMILES string of the molecule is CCCCC(NCC)c1ccc(OC)c(OC)c1OC. The number of hydrogen-bond acceptors (Lipinski definition) is 4. The van der Waals surface area contributed by atoms with E-state index in [1.807, 2.05) is 6.07 Å². The van der Waals surface area contributed by atoms with Crippen LogP contribution in [0.3, 0.4) is 0 Å². The molecule has 1 aromatic rings. The molecule has 20 heavy (non-hydrogen) atoms. The van der Waals surface area contributed by atoms with Gasteiger partial charge in [0, 0.05) is 11.6 Å². The number of unbranched alkanes of at least 4 members (excludes halogenated alkanes) is 1. The highest BCUT2D eigenvalue weighted by Crippen LogP contribution is 2.42. The fourth-order valence-corrected chi connectivity index (χ4v) is 2.42. The van der Waals surface area contributed by atoms with Gasteiger partial charge < -0.3 is 19.5 Å². The molecule has 0 aliphatic heterocycles. The fraction of sp³-hybridized carbons (Fsp3) is 0.625. The lowest BCUT2D eigenvalue weighted by atomic mass is 9.99. The Hall–Kier alpha value is -1.42. The van der Waals surface area contributed by atoms with Crippen molar-refractivity contribution in [3.05, 3.63) is 17.7 Å². The van der Waals surface area contributed by atoms with Crippen LogP contribution < -0.4 is 19.5 Å². The first-order chi connectivity index (χ1) is 9.73. The van der Waals surface area contributed by atoms with Crippen LogP contribution in [0.1, 0.15) is 44.7 Å². The molecule has 114 valence electrons. The van der Waals surface area contributed by atoms with Gasteiger partial charge in [0.1, 0.15) is 0 Å². The monoisotopic (exact) mass is 281 g/mol. The molecular formula is C16H27NO3. The van der Waals surface area contributed by atoms with E-state index in [0.29, 0.717) is 11.5 Å². The zero-order valence-electron chi connectivity index (χ0n) is 13.3. The summed E-state index contributed by atoms with van der Waals surface area (Å²) in [5.74, 6) is 2.11. The Labute approximate surface area is 122 Å². The van der Waals surface area contributed by atoms with Crippen molar-refractivity contribution >= 4 is 0 Å². The Morgan fingerprint density at radius 3 is 2.20 bits per heavy atom. The summed E-state index contributed by atoms with van der Waals surface area (Å²) in [6.45, 7) is 5.24. The molecule has 0 amide bonds. The first kappa shape index (κ1) is 16.6. The zero-order valence-corrected chi connectivity index (χ0v) is 13.3. The number of methoxy groups -OCH3 is 3. The maximum absolute atomic E-state index is 5.57. The Morgan fingerprint density at radius 2 is 1.70 bits per heavy atom. The van der Waals surface area contributed by atoms with Crippen LogP contribution in [-0.2, 0) is 0 Å². The molecule has 0 saturated heterocycles. The van der Waals surface area contributed by atoms with Crippen molar-refractivity contribution in [2.75, 3.05) is 27.9 Å². The van der Waals surface area contributed by atoms with Gasteiger partial charge in [-0.15, -0.1) is 0 Å². The Bertz CT molecular complexity index is 407. The molecule has 0 spiro atoms.